The molecular weight excluding hydrogens is 254 g/mol. The van der Waals surface area contributed by atoms with Crippen molar-refractivity contribution in [3.05, 3.63) is 28.5 Å². The van der Waals surface area contributed by atoms with Gasteiger partial charge in [0.25, 0.3) is 0 Å². The first-order valence-electron chi connectivity index (χ1n) is 6.74. The van der Waals surface area contributed by atoms with Crippen LogP contribution in [0.2, 0.25) is 0 Å². The topological polar surface area (TPSA) is 40.5 Å². The molecule has 1 aromatic carbocycles. The molecule has 0 saturated heterocycles. The lowest BCUT2D eigenvalue weighted by molar-refractivity contribution is 0.0527. The second-order valence-corrected chi connectivity index (χ2v) is 4.99. The fourth-order valence-electron chi connectivity index (χ4n) is 2.82. The van der Waals surface area contributed by atoms with Crippen LogP contribution in [0.15, 0.2) is 6.07 Å². The van der Waals surface area contributed by atoms with E-state index in [0.29, 0.717) is 12.2 Å². The third-order valence-electron chi connectivity index (χ3n) is 3.84. The molecule has 2 aromatic rings. The van der Waals surface area contributed by atoms with Crippen LogP contribution in [0, 0.1) is 20.8 Å². The fraction of sp³-hybridized carbons (Fsp3) is 0.438. The van der Waals surface area contributed by atoms with Crippen LogP contribution in [0.5, 0.6) is 5.75 Å². The van der Waals surface area contributed by atoms with Gasteiger partial charge in [-0.2, -0.15) is 0 Å². The second-order valence-electron chi connectivity index (χ2n) is 4.99. The van der Waals surface area contributed by atoms with Crippen LogP contribution >= 0.6 is 0 Å². The first-order chi connectivity index (χ1) is 9.43. The van der Waals surface area contributed by atoms with Gasteiger partial charge in [0.05, 0.1) is 19.3 Å². The quantitative estimate of drug-likeness (QED) is 0.807. The zero-order valence-corrected chi connectivity index (χ0v) is 13.0. The van der Waals surface area contributed by atoms with Crippen LogP contribution < -0.4 is 4.74 Å². The van der Waals surface area contributed by atoms with Crippen molar-refractivity contribution in [1.29, 1.82) is 0 Å². The zero-order valence-electron chi connectivity index (χ0n) is 13.0. The van der Waals surface area contributed by atoms with Crippen molar-refractivity contribution in [3.63, 3.8) is 0 Å². The Morgan fingerprint density at radius 1 is 1.30 bits per heavy atom. The van der Waals surface area contributed by atoms with Gasteiger partial charge in [-0.3, -0.25) is 0 Å². The lowest BCUT2D eigenvalue weighted by Crippen LogP contribution is -2.07. The summed E-state index contributed by atoms with van der Waals surface area (Å²) in [5.74, 6) is 0.554. The standard InChI is InChI=1S/C16H21NO3/c1-7-20-16(18)14-11(4)17(5)12-8-9(2)15(19-6)10(3)13(12)14/h8H,7H2,1-6H3. The number of rotatable bonds is 3. The molecule has 20 heavy (non-hydrogen) atoms. The zero-order chi connectivity index (χ0) is 15.0. The van der Waals surface area contributed by atoms with Gasteiger partial charge in [-0.25, -0.2) is 4.79 Å². The predicted octanol–water partition coefficient (Wildman–Crippen LogP) is 3.29. The number of hydrogen-bond donors (Lipinski definition) is 0. The molecule has 0 aliphatic carbocycles. The third kappa shape index (κ3) is 1.96. The van der Waals surface area contributed by atoms with Crippen LogP contribution in [0.1, 0.15) is 34.1 Å². The van der Waals surface area contributed by atoms with Gasteiger partial charge in [-0.05, 0) is 39.3 Å². The Bertz CT molecular complexity index is 683. The molecule has 4 nitrogen and oxygen atoms in total. The number of hydrogen-bond acceptors (Lipinski definition) is 3. The van der Waals surface area contributed by atoms with E-state index in [2.05, 4.69) is 6.07 Å². The number of aromatic nitrogens is 1. The van der Waals surface area contributed by atoms with E-state index in [1.807, 2.05) is 39.3 Å². The fourth-order valence-corrected chi connectivity index (χ4v) is 2.82. The van der Waals surface area contributed by atoms with Crippen molar-refractivity contribution in [3.8, 4) is 5.75 Å². The summed E-state index contributed by atoms with van der Waals surface area (Å²) in [6.45, 7) is 8.12. The van der Waals surface area contributed by atoms with Crippen molar-refractivity contribution < 1.29 is 14.3 Å². The molecular formula is C16H21NO3. The number of esters is 1. The highest BCUT2D eigenvalue weighted by molar-refractivity contribution is 6.08. The van der Waals surface area contributed by atoms with Crippen molar-refractivity contribution in [2.75, 3.05) is 13.7 Å². The van der Waals surface area contributed by atoms with Crippen molar-refractivity contribution >= 4 is 16.9 Å². The number of carbonyl (C=O) groups excluding carboxylic acids is 1. The third-order valence-corrected chi connectivity index (χ3v) is 3.84. The number of fused-ring (bicyclic) bond motifs is 1. The maximum atomic E-state index is 12.3. The number of ether oxygens (including phenoxy) is 2. The average molecular weight is 275 g/mol. The molecule has 0 saturated carbocycles. The van der Waals surface area contributed by atoms with Crippen LogP contribution in [0.3, 0.4) is 0 Å². The summed E-state index contributed by atoms with van der Waals surface area (Å²) in [7, 11) is 3.62. The van der Waals surface area contributed by atoms with Crippen LogP contribution in [0.4, 0.5) is 0 Å². The van der Waals surface area contributed by atoms with E-state index >= 15 is 0 Å². The number of aryl methyl sites for hydroxylation is 3. The predicted molar refractivity (Wildman–Crippen MR) is 79.6 cm³/mol. The highest BCUT2D eigenvalue weighted by Crippen LogP contribution is 2.36. The van der Waals surface area contributed by atoms with Gasteiger partial charge in [0.2, 0.25) is 0 Å². The highest BCUT2D eigenvalue weighted by atomic mass is 16.5. The Morgan fingerprint density at radius 2 is 1.95 bits per heavy atom. The summed E-state index contributed by atoms with van der Waals surface area (Å²) >= 11 is 0. The van der Waals surface area contributed by atoms with E-state index in [1.54, 1.807) is 7.11 Å². The van der Waals surface area contributed by atoms with Crippen LogP contribution in [-0.2, 0) is 11.8 Å². The summed E-state index contributed by atoms with van der Waals surface area (Å²) in [6.07, 6.45) is 0. The van der Waals surface area contributed by atoms with Gasteiger partial charge in [0.15, 0.2) is 0 Å². The highest BCUT2D eigenvalue weighted by Gasteiger charge is 2.23. The van der Waals surface area contributed by atoms with Crippen molar-refractivity contribution in [2.24, 2.45) is 7.05 Å². The van der Waals surface area contributed by atoms with E-state index < -0.39 is 0 Å². The SMILES string of the molecule is CCOC(=O)c1c(C)n(C)c2cc(C)c(OC)c(C)c12. The molecule has 2 rings (SSSR count). The number of benzene rings is 1. The first kappa shape index (κ1) is 14.4. The van der Waals surface area contributed by atoms with Gasteiger partial charge in [-0.15, -0.1) is 0 Å². The lowest BCUT2D eigenvalue weighted by atomic mass is 10.0. The molecule has 0 aliphatic heterocycles. The molecule has 0 unspecified atom stereocenters. The molecule has 0 N–H and O–H groups in total. The molecule has 1 heterocycles. The summed E-state index contributed by atoms with van der Waals surface area (Å²) in [4.78, 5) is 12.3. The van der Waals surface area contributed by atoms with Crippen LogP contribution in [-0.4, -0.2) is 24.3 Å². The second kappa shape index (κ2) is 5.19. The lowest BCUT2D eigenvalue weighted by Gasteiger charge is -2.11. The molecule has 4 heteroatoms. The van der Waals surface area contributed by atoms with Crippen molar-refractivity contribution in [1.82, 2.24) is 4.57 Å². The first-order valence-corrected chi connectivity index (χ1v) is 6.74. The summed E-state index contributed by atoms with van der Waals surface area (Å²) < 4.78 is 12.7. The molecule has 0 atom stereocenters. The Labute approximate surface area is 119 Å². The van der Waals surface area contributed by atoms with E-state index in [-0.39, 0.29) is 5.97 Å². The molecule has 0 amide bonds. The van der Waals surface area contributed by atoms with E-state index in [4.69, 9.17) is 9.47 Å². The number of nitrogens with zero attached hydrogens (tertiary/aromatic N) is 1. The maximum absolute atomic E-state index is 12.3. The largest absolute Gasteiger partial charge is 0.496 e. The Morgan fingerprint density at radius 3 is 2.50 bits per heavy atom. The van der Waals surface area contributed by atoms with E-state index in [0.717, 1.165) is 33.5 Å². The van der Waals surface area contributed by atoms with Gasteiger partial charge in [0.1, 0.15) is 5.75 Å². The Hall–Kier alpha value is -1.97. The van der Waals surface area contributed by atoms with Gasteiger partial charge in [-0.1, -0.05) is 0 Å². The molecule has 108 valence electrons. The van der Waals surface area contributed by atoms with Gasteiger partial charge in [0, 0.05) is 29.2 Å². The van der Waals surface area contributed by atoms with E-state index in [1.165, 1.54) is 0 Å². The monoisotopic (exact) mass is 275 g/mol. The van der Waals surface area contributed by atoms with Crippen LogP contribution in [0.25, 0.3) is 10.9 Å². The number of carbonyl (C=O) groups is 1. The summed E-state index contributed by atoms with van der Waals surface area (Å²) in [6, 6.07) is 2.05. The summed E-state index contributed by atoms with van der Waals surface area (Å²) in [5.41, 5.74) is 4.62. The molecule has 0 aliphatic rings. The molecule has 0 fully saturated rings. The minimum Gasteiger partial charge on any atom is -0.496 e. The average Bonchev–Trinajstić information content (AvgIpc) is 2.64. The number of methoxy groups -OCH3 is 1. The minimum atomic E-state index is -0.274. The summed E-state index contributed by atoms with van der Waals surface area (Å²) in [5, 5.41) is 0.922. The van der Waals surface area contributed by atoms with Crippen molar-refractivity contribution in [2.45, 2.75) is 27.7 Å². The van der Waals surface area contributed by atoms with Gasteiger partial charge < -0.3 is 14.0 Å². The molecule has 1 aromatic heterocycles. The smallest absolute Gasteiger partial charge is 0.340 e. The molecule has 0 bridgehead atoms. The maximum Gasteiger partial charge on any atom is 0.340 e. The Balaban J connectivity index is 2.88. The molecule has 0 radical (unpaired) electrons. The molecule has 0 spiro atoms. The van der Waals surface area contributed by atoms with E-state index in [9.17, 15) is 4.79 Å². The Kier molecular flexibility index (Phi) is 3.75. The minimum absolute atomic E-state index is 0.274. The normalized spacial score (nSPS) is 10.9. The van der Waals surface area contributed by atoms with Gasteiger partial charge >= 0.3 is 5.97 Å².